The SMILES string of the molecule is CCOc1ccc2c(c1)N(O)C(=O)C(Cl)C2. The monoisotopic (exact) mass is 241 g/mol. The number of ether oxygens (including phenoxy) is 1. The van der Waals surface area contributed by atoms with Crippen LogP contribution >= 0.6 is 11.6 Å². The maximum absolute atomic E-state index is 11.5. The predicted molar refractivity (Wildman–Crippen MR) is 60.2 cm³/mol. The molecule has 0 radical (unpaired) electrons. The van der Waals surface area contributed by atoms with Crippen molar-refractivity contribution in [3.8, 4) is 5.75 Å². The van der Waals surface area contributed by atoms with Gasteiger partial charge in [0.1, 0.15) is 11.1 Å². The van der Waals surface area contributed by atoms with Crippen LogP contribution < -0.4 is 9.80 Å². The lowest BCUT2D eigenvalue weighted by Crippen LogP contribution is -2.39. The third-order valence-electron chi connectivity index (χ3n) is 2.47. The molecule has 86 valence electrons. The van der Waals surface area contributed by atoms with Crippen LogP contribution in [0.1, 0.15) is 12.5 Å². The number of nitrogens with zero attached hydrogens (tertiary/aromatic N) is 1. The molecule has 16 heavy (non-hydrogen) atoms. The van der Waals surface area contributed by atoms with Gasteiger partial charge < -0.3 is 4.74 Å². The van der Waals surface area contributed by atoms with Gasteiger partial charge in [-0.2, -0.15) is 5.06 Å². The van der Waals surface area contributed by atoms with Crippen molar-refractivity contribution in [3.63, 3.8) is 0 Å². The Bertz CT molecular complexity index is 422. The van der Waals surface area contributed by atoms with Crippen LogP contribution in [-0.2, 0) is 11.2 Å². The van der Waals surface area contributed by atoms with Gasteiger partial charge in [0.25, 0.3) is 5.91 Å². The molecule has 1 N–H and O–H groups in total. The fraction of sp³-hybridized carbons (Fsp3) is 0.364. The van der Waals surface area contributed by atoms with E-state index in [1.54, 1.807) is 12.1 Å². The number of hydroxylamine groups is 1. The van der Waals surface area contributed by atoms with Crippen LogP contribution in [0, 0.1) is 0 Å². The second-order valence-corrected chi connectivity index (χ2v) is 4.07. The molecule has 4 nitrogen and oxygen atoms in total. The number of fused-ring (bicyclic) bond motifs is 1. The summed E-state index contributed by atoms with van der Waals surface area (Å²) in [5.41, 5.74) is 1.29. The first-order chi connectivity index (χ1) is 7.63. The van der Waals surface area contributed by atoms with E-state index in [2.05, 4.69) is 0 Å². The summed E-state index contributed by atoms with van der Waals surface area (Å²) in [6.45, 7) is 2.41. The molecule has 0 fully saturated rings. The summed E-state index contributed by atoms with van der Waals surface area (Å²) < 4.78 is 5.30. The number of rotatable bonds is 2. The standard InChI is InChI=1S/C11H12ClNO3/c1-2-16-8-4-3-7-5-9(12)11(14)13(15)10(7)6-8/h3-4,6,9,15H,2,5H2,1H3. The Balaban J connectivity index is 2.38. The molecule has 1 heterocycles. The number of halogens is 1. The van der Waals surface area contributed by atoms with Crippen molar-refractivity contribution >= 4 is 23.2 Å². The van der Waals surface area contributed by atoms with Crippen molar-refractivity contribution < 1.29 is 14.7 Å². The zero-order chi connectivity index (χ0) is 11.7. The van der Waals surface area contributed by atoms with Crippen molar-refractivity contribution in [3.05, 3.63) is 23.8 Å². The van der Waals surface area contributed by atoms with Crippen molar-refractivity contribution in [2.75, 3.05) is 11.7 Å². The average molecular weight is 242 g/mol. The lowest BCUT2D eigenvalue weighted by atomic mass is 10.0. The molecule has 0 saturated heterocycles. The van der Waals surface area contributed by atoms with Gasteiger partial charge in [-0.3, -0.25) is 10.0 Å². The van der Waals surface area contributed by atoms with Gasteiger partial charge in [0, 0.05) is 6.07 Å². The van der Waals surface area contributed by atoms with E-state index in [-0.39, 0.29) is 0 Å². The number of carbonyl (C=O) groups excluding carboxylic acids is 1. The van der Waals surface area contributed by atoms with Crippen LogP contribution in [0.25, 0.3) is 0 Å². The maximum Gasteiger partial charge on any atom is 0.269 e. The molecule has 1 aromatic carbocycles. The highest BCUT2D eigenvalue weighted by atomic mass is 35.5. The van der Waals surface area contributed by atoms with Crippen LogP contribution in [0.5, 0.6) is 5.75 Å². The van der Waals surface area contributed by atoms with Crippen LogP contribution in [-0.4, -0.2) is 23.1 Å². The van der Waals surface area contributed by atoms with Crippen LogP contribution in [0.15, 0.2) is 18.2 Å². The number of hydrogen-bond donors (Lipinski definition) is 1. The van der Waals surface area contributed by atoms with E-state index in [1.165, 1.54) is 0 Å². The smallest absolute Gasteiger partial charge is 0.269 e. The van der Waals surface area contributed by atoms with Gasteiger partial charge in [-0.25, -0.2) is 0 Å². The number of benzene rings is 1. The molecule has 1 aromatic rings. The quantitative estimate of drug-likeness (QED) is 0.636. The number of carbonyl (C=O) groups is 1. The molecule has 1 atom stereocenters. The molecule has 1 unspecified atom stereocenters. The largest absolute Gasteiger partial charge is 0.494 e. The molecule has 2 rings (SSSR count). The average Bonchev–Trinajstić information content (AvgIpc) is 2.28. The molecule has 1 aliphatic heterocycles. The summed E-state index contributed by atoms with van der Waals surface area (Å²) in [5.74, 6) is 0.129. The minimum Gasteiger partial charge on any atom is -0.494 e. The second kappa shape index (κ2) is 4.31. The molecule has 1 aliphatic rings. The zero-order valence-electron chi connectivity index (χ0n) is 8.81. The molecule has 5 heteroatoms. The van der Waals surface area contributed by atoms with E-state index in [9.17, 15) is 10.0 Å². The fourth-order valence-corrected chi connectivity index (χ4v) is 1.96. The van der Waals surface area contributed by atoms with Gasteiger partial charge >= 0.3 is 0 Å². The third kappa shape index (κ3) is 1.86. The Labute approximate surface area is 98.3 Å². The lowest BCUT2D eigenvalue weighted by molar-refractivity contribution is -0.123. The topological polar surface area (TPSA) is 49.8 Å². The molecule has 0 spiro atoms. The normalized spacial score (nSPS) is 19.6. The van der Waals surface area contributed by atoms with E-state index < -0.39 is 11.3 Å². The first-order valence-electron chi connectivity index (χ1n) is 5.06. The van der Waals surface area contributed by atoms with Crippen LogP contribution in [0.2, 0.25) is 0 Å². The summed E-state index contributed by atoms with van der Waals surface area (Å²) in [5, 5.41) is 9.53. The van der Waals surface area contributed by atoms with Gasteiger partial charge in [-0.15, -0.1) is 11.6 Å². The lowest BCUT2D eigenvalue weighted by Gasteiger charge is -2.26. The number of amides is 1. The van der Waals surface area contributed by atoms with Crippen LogP contribution in [0.4, 0.5) is 5.69 Å². The molecular weight excluding hydrogens is 230 g/mol. The van der Waals surface area contributed by atoms with E-state index in [1.807, 2.05) is 13.0 Å². The molecular formula is C11H12ClNO3. The molecule has 0 saturated carbocycles. The molecule has 0 aromatic heterocycles. The summed E-state index contributed by atoms with van der Waals surface area (Å²) in [7, 11) is 0. The zero-order valence-corrected chi connectivity index (χ0v) is 9.57. The van der Waals surface area contributed by atoms with Crippen molar-refractivity contribution in [2.45, 2.75) is 18.7 Å². The Morgan fingerprint density at radius 3 is 3.06 bits per heavy atom. The summed E-state index contributed by atoms with van der Waals surface area (Å²) in [6.07, 6.45) is 0.430. The first kappa shape index (κ1) is 11.2. The Morgan fingerprint density at radius 2 is 2.38 bits per heavy atom. The summed E-state index contributed by atoms with van der Waals surface area (Å²) in [6, 6.07) is 5.25. The highest BCUT2D eigenvalue weighted by Gasteiger charge is 2.30. The molecule has 1 amide bonds. The summed E-state index contributed by atoms with van der Waals surface area (Å²) >= 11 is 5.81. The highest BCUT2D eigenvalue weighted by Crippen LogP contribution is 2.32. The van der Waals surface area contributed by atoms with Gasteiger partial charge in [0.05, 0.1) is 12.3 Å². The van der Waals surface area contributed by atoms with Gasteiger partial charge in [-0.05, 0) is 25.0 Å². The first-order valence-corrected chi connectivity index (χ1v) is 5.49. The Kier molecular flexibility index (Phi) is 3.03. The number of alkyl halides is 1. The van der Waals surface area contributed by atoms with E-state index >= 15 is 0 Å². The minimum absolute atomic E-state index is 0.430. The van der Waals surface area contributed by atoms with Crippen LogP contribution in [0.3, 0.4) is 0 Å². The molecule has 0 aliphatic carbocycles. The van der Waals surface area contributed by atoms with Crippen molar-refractivity contribution in [1.29, 1.82) is 0 Å². The fourth-order valence-electron chi connectivity index (χ4n) is 1.70. The van der Waals surface area contributed by atoms with Gasteiger partial charge in [-0.1, -0.05) is 6.07 Å². The third-order valence-corrected chi connectivity index (χ3v) is 2.81. The Morgan fingerprint density at radius 1 is 1.62 bits per heavy atom. The number of hydrogen-bond acceptors (Lipinski definition) is 3. The van der Waals surface area contributed by atoms with E-state index in [0.717, 1.165) is 5.56 Å². The predicted octanol–water partition coefficient (Wildman–Crippen LogP) is 1.97. The van der Waals surface area contributed by atoms with Crippen molar-refractivity contribution in [2.24, 2.45) is 0 Å². The highest BCUT2D eigenvalue weighted by molar-refractivity contribution is 6.33. The maximum atomic E-state index is 11.5. The molecule has 0 bridgehead atoms. The van der Waals surface area contributed by atoms with Gasteiger partial charge in [0.2, 0.25) is 0 Å². The summed E-state index contributed by atoms with van der Waals surface area (Å²) in [4.78, 5) is 11.5. The number of anilines is 1. The second-order valence-electron chi connectivity index (χ2n) is 3.55. The van der Waals surface area contributed by atoms with E-state index in [0.29, 0.717) is 29.5 Å². The van der Waals surface area contributed by atoms with Gasteiger partial charge in [0.15, 0.2) is 0 Å². The minimum atomic E-state index is -0.699. The van der Waals surface area contributed by atoms with Crippen molar-refractivity contribution in [1.82, 2.24) is 0 Å². The van der Waals surface area contributed by atoms with E-state index in [4.69, 9.17) is 16.3 Å². The Hall–Kier alpha value is -1.26.